The summed E-state index contributed by atoms with van der Waals surface area (Å²) in [5.41, 5.74) is 1.22. The third-order valence-corrected chi connectivity index (χ3v) is 6.55. The molecule has 0 saturated carbocycles. The molecule has 11 heteroatoms. The Balaban J connectivity index is 1.42. The van der Waals surface area contributed by atoms with Crippen LogP contribution in [0.5, 0.6) is 0 Å². The quantitative estimate of drug-likeness (QED) is 0.369. The van der Waals surface area contributed by atoms with Crippen molar-refractivity contribution in [2.24, 2.45) is 0 Å². The van der Waals surface area contributed by atoms with Gasteiger partial charge < -0.3 is 10.6 Å². The number of carbonyl (C=O) groups excluding carboxylic acids is 2. The molecule has 0 bridgehead atoms. The van der Waals surface area contributed by atoms with Crippen LogP contribution in [0.2, 0.25) is 0 Å². The van der Waals surface area contributed by atoms with E-state index in [-0.39, 0.29) is 16.8 Å². The van der Waals surface area contributed by atoms with E-state index in [2.05, 4.69) is 25.3 Å². The number of anilines is 3. The van der Waals surface area contributed by atoms with E-state index in [0.717, 1.165) is 0 Å². The SMILES string of the molecule is O=C(Nc1ccc(S(=O)(=O)Nc2ncccn2)cc1)c1cccc(NC(=O)c2cccs2)c1. The van der Waals surface area contributed by atoms with Crippen LogP contribution in [-0.4, -0.2) is 30.2 Å². The van der Waals surface area contributed by atoms with Crippen LogP contribution < -0.4 is 15.4 Å². The van der Waals surface area contributed by atoms with Crippen LogP contribution in [-0.2, 0) is 10.0 Å². The molecule has 0 spiro atoms. The summed E-state index contributed by atoms with van der Waals surface area (Å²) in [6.07, 6.45) is 2.85. The first-order chi connectivity index (χ1) is 15.9. The molecule has 166 valence electrons. The maximum Gasteiger partial charge on any atom is 0.265 e. The minimum atomic E-state index is -3.87. The molecule has 0 aliphatic carbocycles. The van der Waals surface area contributed by atoms with Crippen LogP contribution in [0.1, 0.15) is 20.0 Å². The van der Waals surface area contributed by atoms with E-state index in [1.165, 1.54) is 48.0 Å². The second-order valence-corrected chi connectivity index (χ2v) is 9.30. The van der Waals surface area contributed by atoms with Gasteiger partial charge in [-0.15, -0.1) is 11.3 Å². The number of rotatable bonds is 7. The van der Waals surface area contributed by atoms with Gasteiger partial charge in [0.25, 0.3) is 21.8 Å². The third-order valence-electron chi connectivity index (χ3n) is 4.34. The van der Waals surface area contributed by atoms with Crippen molar-refractivity contribution in [3.8, 4) is 0 Å². The van der Waals surface area contributed by atoms with Gasteiger partial charge in [-0.05, 0) is 60.0 Å². The molecule has 3 N–H and O–H groups in total. The lowest BCUT2D eigenvalue weighted by Crippen LogP contribution is -2.16. The second kappa shape index (κ2) is 9.59. The lowest BCUT2D eigenvalue weighted by atomic mass is 10.1. The zero-order chi connectivity index (χ0) is 23.3. The van der Waals surface area contributed by atoms with Crippen molar-refractivity contribution in [3.05, 3.63) is 94.9 Å². The Bertz CT molecular complexity index is 1370. The van der Waals surface area contributed by atoms with Crippen molar-refractivity contribution in [2.75, 3.05) is 15.4 Å². The van der Waals surface area contributed by atoms with Crippen LogP contribution in [0.15, 0.2) is 89.4 Å². The minimum Gasteiger partial charge on any atom is -0.322 e. The van der Waals surface area contributed by atoms with Gasteiger partial charge in [0.1, 0.15) is 0 Å². The van der Waals surface area contributed by atoms with E-state index >= 15 is 0 Å². The zero-order valence-electron chi connectivity index (χ0n) is 16.9. The summed E-state index contributed by atoms with van der Waals surface area (Å²) < 4.78 is 27.2. The van der Waals surface area contributed by atoms with Crippen molar-refractivity contribution < 1.29 is 18.0 Å². The fraction of sp³-hybridized carbons (Fsp3) is 0. The van der Waals surface area contributed by atoms with Crippen molar-refractivity contribution in [1.82, 2.24) is 9.97 Å². The highest BCUT2D eigenvalue weighted by Gasteiger charge is 2.16. The summed E-state index contributed by atoms with van der Waals surface area (Å²) in [6, 6.07) is 17.2. The van der Waals surface area contributed by atoms with Gasteiger partial charge in [0.2, 0.25) is 5.95 Å². The van der Waals surface area contributed by atoms with Gasteiger partial charge in [-0.2, -0.15) is 0 Å². The first-order valence-electron chi connectivity index (χ1n) is 9.57. The fourth-order valence-corrected chi connectivity index (χ4v) is 4.37. The lowest BCUT2D eigenvalue weighted by molar-refractivity contribution is 0.101. The molecular weight excluding hydrogens is 462 g/mol. The summed E-state index contributed by atoms with van der Waals surface area (Å²) in [5, 5.41) is 7.27. The summed E-state index contributed by atoms with van der Waals surface area (Å²) in [4.78, 5) is 33.1. The summed E-state index contributed by atoms with van der Waals surface area (Å²) in [6.45, 7) is 0. The molecular formula is C22H17N5O4S2. The number of nitrogens with one attached hydrogen (secondary N) is 3. The van der Waals surface area contributed by atoms with Gasteiger partial charge in [0.15, 0.2) is 0 Å². The molecule has 0 saturated heterocycles. The highest BCUT2D eigenvalue weighted by atomic mass is 32.2. The number of benzene rings is 2. The molecule has 0 atom stereocenters. The molecule has 0 aliphatic rings. The molecule has 2 amide bonds. The van der Waals surface area contributed by atoms with Gasteiger partial charge in [-0.1, -0.05) is 12.1 Å². The highest BCUT2D eigenvalue weighted by Crippen LogP contribution is 2.19. The highest BCUT2D eigenvalue weighted by molar-refractivity contribution is 7.92. The summed E-state index contributed by atoms with van der Waals surface area (Å²) >= 11 is 1.32. The number of carbonyl (C=O) groups is 2. The Labute approximate surface area is 193 Å². The van der Waals surface area contributed by atoms with Crippen molar-refractivity contribution in [3.63, 3.8) is 0 Å². The van der Waals surface area contributed by atoms with Crippen molar-refractivity contribution in [1.29, 1.82) is 0 Å². The van der Waals surface area contributed by atoms with Crippen LogP contribution in [0.4, 0.5) is 17.3 Å². The third kappa shape index (κ3) is 5.59. The summed E-state index contributed by atoms with van der Waals surface area (Å²) in [7, 11) is -3.87. The zero-order valence-corrected chi connectivity index (χ0v) is 18.6. The largest absolute Gasteiger partial charge is 0.322 e. The van der Waals surface area contributed by atoms with E-state index in [1.54, 1.807) is 47.8 Å². The Kier molecular flexibility index (Phi) is 6.43. The molecule has 0 aliphatic heterocycles. The Morgan fingerprint density at radius 3 is 2.21 bits per heavy atom. The first kappa shape index (κ1) is 22.1. The van der Waals surface area contributed by atoms with Crippen LogP contribution in [0, 0.1) is 0 Å². The number of hydrogen-bond acceptors (Lipinski definition) is 7. The van der Waals surface area contributed by atoms with E-state index in [9.17, 15) is 18.0 Å². The molecule has 0 fully saturated rings. The molecule has 2 aromatic carbocycles. The second-order valence-electron chi connectivity index (χ2n) is 6.67. The molecule has 9 nitrogen and oxygen atoms in total. The molecule has 4 aromatic rings. The Hall–Kier alpha value is -4.09. The Morgan fingerprint density at radius 2 is 1.52 bits per heavy atom. The van der Waals surface area contributed by atoms with Gasteiger partial charge in [0, 0.05) is 29.3 Å². The first-order valence-corrected chi connectivity index (χ1v) is 11.9. The molecule has 0 radical (unpaired) electrons. The topological polar surface area (TPSA) is 130 Å². The van der Waals surface area contributed by atoms with E-state index in [0.29, 0.717) is 21.8 Å². The van der Waals surface area contributed by atoms with Crippen LogP contribution in [0.25, 0.3) is 0 Å². The molecule has 2 aromatic heterocycles. The molecule has 0 unspecified atom stereocenters. The maximum atomic E-state index is 12.6. The van der Waals surface area contributed by atoms with E-state index in [1.807, 2.05) is 0 Å². The number of amides is 2. The van der Waals surface area contributed by atoms with Gasteiger partial charge in [0.05, 0.1) is 9.77 Å². The summed E-state index contributed by atoms with van der Waals surface area (Å²) in [5.74, 6) is -0.705. The van der Waals surface area contributed by atoms with Crippen molar-refractivity contribution >= 4 is 50.5 Å². The van der Waals surface area contributed by atoms with Crippen LogP contribution >= 0.6 is 11.3 Å². The van der Waals surface area contributed by atoms with Crippen molar-refractivity contribution in [2.45, 2.75) is 4.90 Å². The van der Waals surface area contributed by atoms with Gasteiger partial charge in [-0.3, -0.25) is 9.59 Å². The monoisotopic (exact) mass is 479 g/mol. The predicted molar refractivity (Wildman–Crippen MR) is 126 cm³/mol. The number of thiophene rings is 1. The molecule has 2 heterocycles. The number of aromatic nitrogens is 2. The number of sulfonamides is 1. The lowest BCUT2D eigenvalue weighted by Gasteiger charge is -2.09. The standard InChI is InChI=1S/C22H17N5O4S2/c28-20(15-4-1-5-17(14-15)26-21(29)19-6-2-13-32-19)25-16-7-9-18(10-8-16)33(30,31)27-22-23-11-3-12-24-22/h1-14H,(H,25,28)(H,26,29)(H,23,24,27). The fourth-order valence-electron chi connectivity index (χ4n) is 2.79. The predicted octanol–water partition coefficient (Wildman–Crippen LogP) is 3.84. The molecule has 33 heavy (non-hydrogen) atoms. The molecule has 4 rings (SSSR count). The average Bonchev–Trinajstić information content (AvgIpc) is 3.35. The average molecular weight is 480 g/mol. The Morgan fingerprint density at radius 1 is 0.788 bits per heavy atom. The maximum absolute atomic E-state index is 12.6. The minimum absolute atomic E-state index is 0.00811. The van der Waals surface area contributed by atoms with E-state index in [4.69, 9.17) is 0 Å². The van der Waals surface area contributed by atoms with Gasteiger partial charge >= 0.3 is 0 Å². The van der Waals surface area contributed by atoms with Gasteiger partial charge in [-0.25, -0.2) is 23.1 Å². The number of hydrogen-bond donors (Lipinski definition) is 3. The smallest absolute Gasteiger partial charge is 0.265 e. The number of nitrogens with zero attached hydrogens (tertiary/aromatic N) is 2. The van der Waals surface area contributed by atoms with E-state index < -0.39 is 15.9 Å². The normalized spacial score (nSPS) is 10.9. The van der Waals surface area contributed by atoms with Crippen LogP contribution in [0.3, 0.4) is 0 Å².